The van der Waals surface area contributed by atoms with Crippen molar-refractivity contribution in [1.29, 1.82) is 0 Å². The third kappa shape index (κ3) is 6.55. The van der Waals surface area contributed by atoms with Gasteiger partial charge in [0.05, 0.1) is 19.2 Å². The van der Waals surface area contributed by atoms with Crippen molar-refractivity contribution in [2.75, 3.05) is 7.11 Å². The summed E-state index contributed by atoms with van der Waals surface area (Å²) in [5, 5.41) is 21.2. The standard InChI is InChI=1S/C16H24N2O7/c1-8(2)4-11(13-5-9(24-3)6-14(20)25-13)18-15(21)12(19)7-10(17)16(22)23/h5-6,8,10-12,19H,4,7,17H2,1-3H3,(H,18,21)(H,22,23)/t10-,11+,12-/m0/s1. The van der Waals surface area contributed by atoms with Gasteiger partial charge in [0.1, 0.15) is 23.7 Å². The lowest BCUT2D eigenvalue weighted by Crippen LogP contribution is -2.43. The number of aliphatic carboxylic acids is 1. The third-order valence-electron chi connectivity index (χ3n) is 3.46. The van der Waals surface area contributed by atoms with E-state index in [1.807, 2.05) is 13.8 Å². The highest BCUT2D eigenvalue weighted by Gasteiger charge is 2.26. The topological polar surface area (TPSA) is 152 Å². The molecule has 0 unspecified atom stereocenters. The number of carboxylic acids is 1. The van der Waals surface area contributed by atoms with E-state index in [9.17, 15) is 19.5 Å². The molecule has 0 aliphatic rings. The highest BCUT2D eigenvalue weighted by Crippen LogP contribution is 2.23. The largest absolute Gasteiger partial charge is 0.496 e. The van der Waals surface area contributed by atoms with Crippen molar-refractivity contribution in [1.82, 2.24) is 5.32 Å². The molecule has 1 heterocycles. The van der Waals surface area contributed by atoms with Crippen LogP contribution in [-0.4, -0.2) is 41.3 Å². The molecule has 9 heteroatoms. The zero-order valence-corrected chi connectivity index (χ0v) is 14.4. The number of carbonyl (C=O) groups is 2. The van der Waals surface area contributed by atoms with Gasteiger partial charge in [-0.25, -0.2) is 4.79 Å². The van der Waals surface area contributed by atoms with E-state index >= 15 is 0 Å². The number of aliphatic hydroxyl groups excluding tert-OH is 1. The Kier molecular flexibility index (Phi) is 7.59. The molecule has 0 aliphatic carbocycles. The average molecular weight is 356 g/mol. The van der Waals surface area contributed by atoms with Crippen molar-refractivity contribution in [2.45, 2.75) is 44.9 Å². The Balaban J connectivity index is 2.96. The number of aliphatic hydroxyl groups is 1. The van der Waals surface area contributed by atoms with Crippen molar-refractivity contribution in [3.63, 3.8) is 0 Å². The molecule has 9 nitrogen and oxygen atoms in total. The summed E-state index contributed by atoms with van der Waals surface area (Å²) in [5.74, 6) is -1.51. The minimum Gasteiger partial charge on any atom is -0.496 e. The number of amides is 1. The van der Waals surface area contributed by atoms with E-state index in [1.165, 1.54) is 19.2 Å². The lowest BCUT2D eigenvalue weighted by Gasteiger charge is -2.22. The maximum Gasteiger partial charge on any atom is 0.339 e. The lowest BCUT2D eigenvalue weighted by molar-refractivity contribution is -0.140. The van der Waals surface area contributed by atoms with E-state index in [0.717, 1.165) is 0 Å². The fourth-order valence-corrected chi connectivity index (χ4v) is 2.20. The lowest BCUT2D eigenvalue weighted by atomic mass is 10.0. The van der Waals surface area contributed by atoms with E-state index < -0.39 is 42.1 Å². The van der Waals surface area contributed by atoms with Gasteiger partial charge in [-0.3, -0.25) is 9.59 Å². The van der Waals surface area contributed by atoms with Gasteiger partial charge in [0, 0.05) is 12.5 Å². The molecule has 3 atom stereocenters. The van der Waals surface area contributed by atoms with Crippen molar-refractivity contribution in [3.8, 4) is 5.75 Å². The smallest absolute Gasteiger partial charge is 0.339 e. The van der Waals surface area contributed by atoms with E-state index in [2.05, 4.69) is 5.32 Å². The molecular weight excluding hydrogens is 332 g/mol. The molecule has 0 spiro atoms. The Bertz CT molecular complexity index is 656. The molecule has 1 aromatic rings. The number of hydrogen-bond donors (Lipinski definition) is 4. The van der Waals surface area contributed by atoms with Gasteiger partial charge >= 0.3 is 11.6 Å². The molecule has 0 bridgehead atoms. The van der Waals surface area contributed by atoms with E-state index in [0.29, 0.717) is 6.42 Å². The Hall–Kier alpha value is -2.39. The molecular formula is C16H24N2O7. The summed E-state index contributed by atoms with van der Waals surface area (Å²) in [5.41, 5.74) is 4.69. The van der Waals surface area contributed by atoms with Gasteiger partial charge in [0.2, 0.25) is 5.91 Å². The van der Waals surface area contributed by atoms with Crippen LogP contribution < -0.4 is 21.4 Å². The normalized spacial score (nSPS) is 14.6. The summed E-state index contributed by atoms with van der Waals surface area (Å²) in [6, 6.07) is 0.591. The Morgan fingerprint density at radius 3 is 2.48 bits per heavy atom. The number of carbonyl (C=O) groups excluding carboxylic acids is 1. The van der Waals surface area contributed by atoms with Gasteiger partial charge in [-0.1, -0.05) is 13.8 Å². The zero-order valence-electron chi connectivity index (χ0n) is 14.4. The van der Waals surface area contributed by atoms with Crippen LogP contribution in [0.15, 0.2) is 21.3 Å². The maximum absolute atomic E-state index is 12.1. The second-order valence-electron chi connectivity index (χ2n) is 6.11. The van der Waals surface area contributed by atoms with Crippen LogP contribution in [0.3, 0.4) is 0 Å². The summed E-state index contributed by atoms with van der Waals surface area (Å²) in [6.45, 7) is 3.82. The number of methoxy groups -OCH3 is 1. The van der Waals surface area contributed by atoms with E-state index in [1.54, 1.807) is 0 Å². The predicted molar refractivity (Wildman–Crippen MR) is 88.1 cm³/mol. The molecule has 25 heavy (non-hydrogen) atoms. The average Bonchev–Trinajstić information content (AvgIpc) is 2.52. The zero-order chi connectivity index (χ0) is 19.1. The second-order valence-corrected chi connectivity index (χ2v) is 6.11. The minimum atomic E-state index is -1.60. The molecule has 1 rings (SSSR count). The Morgan fingerprint density at radius 2 is 1.96 bits per heavy atom. The first kappa shape index (κ1) is 20.7. The number of nitrogens with two attached hydrogens (primary N) is 1. The van der Waals surface area contributed by atoms with Crippen LogP contribution in [0.25, 0.3) is 0 Å². The van der Waals surface area contributed by atoms with Crippen molar-refractivity contribution in [2.24, 2.45) is 11.7 Å². The van der Waals surface area contributed by atoms with Crippen LogP contribution in [-0.2, 0) is 9.59 Å². The summed E-state index contributed by atoms with van der Waals surface area (Å²) in [4.78, 5) is 34.5. The minimum absolute atomic E-state index is 0.139. The van der Waals surface area contributed by atoms with Gasteiger partial charge in [0.25, 0.3) is 0 Å². The maximum atomic E-state index is 12.1. The fraction of sp³-hybridized carbons (Fsp3) is 0.562. The van der Waals surface area contributed by atoms with Crippen LogP contribution in [0.1, 0.15) is 38.5 Å². The van der Waals surface area contributed by atoms with Crippen LogP contribution >= 0.6 is 0 Å². The van der Waals surface area contributed by atoms with Gasteiger partial charge < -0.3 is 30.4 Å². The van der Waals surface area contributed by atoms with Crippen LogP contribution in [0.5, 0.6) is 5.75 Å². The van der Waals surface area contributed by atoms with Crippen molar-refractivity contribution < 1.29 is 29.0 Å². The monoisotopic (exact) mass is 356 g/mol. The van der Waals surface area contributed by atoms with Crippen molar-refractivity contribution >= 4 is 11.9 Å². The summed E-state index contributed by atoms with van der Waals surface area (Å²) in [6.07, 6.45) is -1.60. The number of hydrogen-bond acceptors (Lipinski definition) is 7. The molecule has 0 aromatic carbocycles. The van der Waals surface area contributed by atoms with Crippen LogP contribution in [0.4, 0.5) is 0 Å². The van der Waals surface area contributed by atoms with Gasteiger partial charge in [-0.15, -0.1) is 0 Å². The SMILES string of the molecule is COc1cc([C@@H](CC(C)C)NC(=O)[C@@H](O)C[C@H](N)C(=O)O)oc(=O)c1. The summed E-state index contributed by atoms with van der Waals surface area (Å²) in [7, 11) is 1.39. The first-order chi connectivity index (χ1) is 11.6. The molecule has 1 aromatic heterocycles. The Morgan fingerprint density at radius 1 is 1.32 bits per heavy atom. The molecule has 140 valence electrons. The van der Waals surface area contributed by atoms with Crippen LogP contribution in [0, 0.1) is 5.92 Å². The van der Waals surface area contributed by atoms with Gasteiger partial charge in [-0.05, 0) is 12.3 Å². The molecule has 0 saturated heterocycles. The number of rotatable bonds is 9. The van der Waals surface area contributed by atoms with E-state index in [-0.39, 0.29) is 17.4 Å². The Labute approximate surface area is 144 Å². The third-order valence-corrected chi connectivity index (χ3v) is 3.46. The molecule has 0 fully saturated rings. The first-order valence-electron chi connectivity index (χ1n) is 7.80. The predicted octanol–water partition coefficient (Wildman–Crippen LogP) is 0.0147. The first-order valence-corrected chi connectivity index (χ1v) is 7.80. The number of ether oxygens (including phenoxy) is 1. The highest BCUT2D eigenvalue weighted by molar-refractivity contribution is 5.82. The summed E-state index contributed by atoms with van der Waals surface area (Å²) >= 11 is 0. The highest BCUT2D eigenvalue weighted by atomic mass is 16.5. The van der Waals surface area contributed by atoms with E-state index in [4.69, 9.17) is 20.0 Å². The van der Waals surface area contributed by atoms with Gasteiger partial charge in [-0.2, -0.15) is 0 Å². The second kappa shape index (κ2) is 9.19. The fourth-order valence-electron chi connectivity index (χ4n) is 2.20. The molecule has 5 N–H and O–H groups in total. The summed E-state index contributed by atoms with van der Waals surface area (Å²) < 4.78 is 10.2. The van der Waals surface area contributed by atoms with Crippen LogP contribution in [0.2, 0.25) is 0 Å². The molecule has 1 amide bonds. The quantitative estimate of drug-likeness (QED) is 0.483. The number of carboxylic acid groups (broad SMARTS) is 1. The molecule has 0 radical (unpaired) electrons. The molecule has 0 aliphatic heterocycles. The molecule has 0 saturated carbocycles. The number of nitrogens with one attached hydrogen (secondary N) is 1. The van der Waals surface area contributed by atoms with Gasteiger partial charge in [0.15, 0.2) is 0 Å². The van der Waals surface area contributed by atoms with Crippen molar-refractivity contribution in [3.05, 3.63) is 28.3 Å².